The molecule has 2 aromatic rings. The molecule has 2 aliphatic carbocycles. The van der Waals surface area contributed by atoms with Crippen LogP contribution in [0.3, 0.4) is 0 Å². The summed E-state index contributed by atoms with van der Waals surface area (Å²) in [5.74, 6) is -2.98. The Morgan fingerprint density at radius 1 is 1.17 bits per heavy atom. The number of nitrogens with one attached hydrogen (secondary N) is 3. The number of aromatic nitrogens is 1. The van der Waals surface area contributed by atoms with Crippen molar-refractivity contribution >= 4 is 40.7 Å². The van der Waals surface area contributed by atoms with Gasteiger partial charge >= 0.3 is 0 Å². The number of nitrogens with zero attached hydrogens (tertiary/aromatic N) is 2. The summed E-state index contributed by atoms with van der Waals surface area (Å²) in [5, 5.41) is 8.57. The minimum atomic E-state index is -1.16. The van der Waals surface area contributed by atoms with Crippen LogP contribution in [0.15, 0.2) is 36.5 Å². The number of hydrogen-bond acceptors (Lipinski definition) is 8. The van der Waals surface area contributed by atoms with E-state index in [0.29, 0.717) is 24.7 Å². The van der Waals surface area contributed by atoms with Crippen LogP contribution in [-0.4, -0.2) is 77.1 Å². The molecule has 2 saturated heterocycles. The van der Waals surface area contributed by atoms with Gasteiger partial charge in [-0.1, -0.05) is 55.5 Å². The van der Waals surface area contributed by atoms with Crippen LogP contribution in [0, 0.1) is 23.2 Å². The summed E-state index contributed by atoms with van der Waals surface area (Å²) >= 11 is 1.33. The fourth-order valence-corrected chi connectivity index (χ4v) is 7.17. The highest BCUT2D eigenvalue weighted by molar-refractivity contribution is 7.16. The van der Waals surface area contributed by atoms with Crippen LogP contribution >= 0.6 is 11.3 Å². The molecule has 4 amide bonds. The number of benzene rings is 1. The third kappa shape index (κ3) is 5.64. The molecular formula is C30H35N5O6S. The number of Topliss-reactive ketones (excluding diaryl/α,β-unsaturated/α-hetero) is 1. The zero-order chi connectivity index (χ0) is 29.6. The fraction of sp³-hybridized carbons (Fsp3) is 0.533. The molecule has 0 bridgehead atoms. The van der Waals surface area contributed by atoms with Crippen LogP contribution in [0.25, 0.3) is 10.4 Å². The smallest absolute Gasteiger partial charge is 0.289 e. The van der Waals surface area contributed by atoms with E-state index < -0.39 is 35.6 Å². The molecule has 12 heteroatoms. The molecular weight excluding hydrogens is 558 g/mol. The number of ketones is 1. The van der Waals surface area contributed by atoms with Crippen LogP contribution in [0.1, 0.15) is 39.5 Å². The predicted molar refractivity (Wildman–Crippen MR) is 153 cm³/mol. The molecule has 5 atom stereocenters. The summed E-state index contributed by atoms with van der Waals surface area (Å²) in [6.45, 7) is 4.74. The number of rotatable bonds is 11. The van der Waals surface area contributed by atoms with Gasteiger partial charge in [0.1, 0.15) is 6.04 Å². The lowest BCUT2D eigenvalue weighted by Crippen LogP contribution is -2.56. The Hall–Kier alpha value is -3.80. The summed E-state index contributed by atoms with van der Waals surface area (Å²) in [5.41, 5.74) is 0.855. The minimum absolute atomic E-state index is 0.0230. The van der Waals surface area contributed by atoms with Crippen molar-refractivity contribution in [2.24, 2.45) is 23.2 Å². The highest BCUT2D eigenvalue weighted by atomic mass is 32.1. The standard InChI is InChI=1S/C30H35N5O6S/c1-30(2)19-14-35(22(36)15-41-29-32-13-21(42-29)16-6-4-3-5-7-16)24(23(19)30)27(39)34-20(12-17-10-11-31-26(17)38)25(37)28(40)33-18-8-9-18/h3-7,13,17-20,23-24H,8-12,14-15H2,1-2H3,(H,31,38)(H,33,40)(H,34,39)/t17-,19-,20-,23-,24-/m0/s1. The third-order valence-electron chi connectivity index (χ3n) is 9.11. The molecule has 11 nitrogen and oxygen atoms in total. The maximum Gasteiger partial charge on any atom is 0.289 e. The summed E-state index contributed by atoms with van der Waals surface area (Å²) < 4.78 is 5.74. The quantitative estimate of drug-likeness (QED) is 0.335. The molecule has 0 unspecified atom stereocenters. The SMILES string of the molecule is CC1(C)[C@@H]2[C@@H](C(=O)N[C@@H](C[C@@H]3CCNC3=O)C(=O)C(=O)NC3CC3)N(C(=O)COc3ncc(-c4ccccc4)s3)C[C@@H]21. The monoisotopic (exact) mass is 593 g/mol. The molecule has 42 heavy (non-hydrogen) atoms. The number of likely N-dealkylation sites (tertiary alicyclic amines) is 1. The number of piperidine rings is 1. The molecule has 0 spiro atoms. The number of fused-ring (bicyclic) bond motifs is 1. The lowest BCUT2D eigenvalue weighted by molar-refractivity contribution is -0.144. The predicted octanol–water partition coefficient (Wildman–Crippen LogP) is 1.53. The largest absolute Gasteiger partial charge is 0.460 e. The van der Waals surface area contributed by atoms with E-state index in [-0.39, 0.29) is 48.1 Å². The Bertz CT molecular complexity index is 1410. The Kier molecular flexibility index (Phi) is 7.50. The molecule has 4 fully saturated rings. The topological polar surface area (TPSA) is 147 Å². The molecule has 6 rings (SSSR count). The highest BCUT2D eigenvalue weighted by Crippen LogP contribution is 2.64. The van der Waals surface area contributed by atoms with E-state index in [0.717, 1.165) is 23.3 Å². The Balaban J connectivity index is 1.14. The van der Waals surface area contributed by atoms with Gasteiger partial charge in [-0.3, -0.25) is 24.0 Å². The zero-order valence-corrected chi connectivity index (χ0v) is 24.4. The second-order valence-corrected chi connectivity index (χ2v) is 13.3. The first-order valence-electron chi connectivity index (χ1n) is 14.5. The van der Waals surface area contributed by atoms with Crippen molar-refractivity contribution in [1.29, 1.82) is 0 Å². The lowest BCUT2D eigenvalue weighted by Gasteiger charge is -2.31. The van der Waals surface area contributed by atoms with Crippen molar-refractivity contribution in [1.82, 2.24) is 25.8 Å². The molecule has 4 aliphatic rings. The van der Waals surface area contributed by atoms with Crippen LogP contribution in [0.5, 0.6) is 5.19 Å². The average molecular weight is 594 g/mol. The van der Waals surface area contributed by atoms with Crippen molar-refractivity contribution in [2.45, 2.75) is 57.7 Å². The molecule has 3 N–H and O–H groups in total. The molecule has 1 aromatic carbocycles. The van der Waals surface area contributed by atoms with Gasteiger partial charge in [-0.25, -0.2) is 4.98 Å². The number of carbonyl (C=O) groups is 5. The van der Waals surface area contributed by atoms with Gasteiger partial charge in [0.2, 0.25) is 17.6 Å². The van der Waals surface area contributed by atoms with Crippen molar-refractivity contribution in [3.8, 4) is 15.6 Å². The number of thiazole rings is 1. The molecule has 1 aromatic heterocycles. The van der Waals surface area contributed by atoms with E-state index in [1.54, 1.807) is 6.20 Å². The van der Waals surface area contributed by atoms with Crippen LogP contribution < -0.4 is 20.7 Å². The van der Waals surface area contributed by atoms with E-state index >= 15 is 0 Å². The maximum atomic E-state index is 13.8. The van der Waals surface area contributed by atoms with Gasteiger partial charge in [0.25, 0.3) is 17.0 Å². The van der Waals surface area contributed by atoms with Crippen molar-refractivity contribution < 1.29 is 28.7 Å². The van der Waals surface area contributed by atoms with Gasteiger partial charge in [0, 0.05) is 31.2 Å². The van der Waals surface area contributed by atoms with Gasteiger partial charge in [-0.2, -0.15) is 0 Å². The van der Waals surface area contributed by atoms with E-state index in [1.807, 2.05) is 30.3 Å². The Morgan fingerprint density at radius 2 is 1.93 bits per heavy atom. The van der Waals surface area contributed by atoms with Crippen LogP contribution in [0.4, 0.5) is 0 Å². The molecule has 0 radical (unpaired) electrons. The second kappa shape index (κ2) is 11.1. The van der Waals surface area contributed by atoms with Crippen LogP contribution in [0.2, 0.25) is 0 Å². The summed E-state index contributed by atoms with van der Waals surface area (Å²) in [4.78, 5) is 72.0. The van der Waals surface area contributed by atoms with Gasteiger partial charge in [-0.05, 0) is 48.5 Å². The normalized spacial score (nSPS) is 26.1. The summed E-state index contributed by atoms with van der Waals surface area (Å²) in [7, 11) is 0. The first-order chi connectivity index (χ1) is 20.1. The highest BCUT2D eigenvalue weighted by Gasteiger charge is 2.69. The molecule has 2 saturated carbocycles. The number of carbonyl (C=O) groups excluding carboxylic acids is 5. The fourth-order valence-electron chi connectivity index (χ4n) is 6.40. The van der Waals surface area contributed by atoms with Crippen LogP contribution in [-0.2, 0) is 24.0 Å². The first-order valence-corrected chi connectivity index (χ1v) is 15.3. The van der Waals surface area contributed by atoms with Crippen molar-refractivity contribution in [2.75, 3.05) is 19.7 Å². The molecule has 2 aliphatic heterocycles. The first kappa shape index (κ1) is 28.3. The average Bonchev–Trinajstić information content (AvgIpc) is 3.58. The lowest BCUT2D eigenvalue weighted by atomic mass is 9.94. The van der Waals surface area contributed by atoms with Crippen molar-refractivity contribution in [3.63, 3.8) is 0 Å². The Morgan fingerprint density at radius 3 is 2.62 bits per heavy atom. The Labute approximate surface area is 247 Å². The molecule has 222 valence electrons. The number of ether oxygens (including phenoxy) is 1. The van der Waals surface area contributed by atoms with E-state index in [9.17, 15) is 24.0 Å². The van der Waals surface area contributed by atoms with E-state index in [4.69, 9.17) is 4.74 Å². The van der Waals surface area contributed by atoms with Gasteiger partial charge in [0.15, 0.2) is 6.61 Å². The second-order valence-electron chi connectivity index (χ2n) is 12.3. The van der Waals surface area contributed by atoms with Gasteiger partial charge in [0.05, 0.1) is 10.9 Å². The zero-order valence-electron chi connectivity index (χ0n) is 23.6. The number of amides is 4. The third-order valence-corrected chi connectivity index (χ3v) is 10.1. The summed E-state index contributed by atoms with van der Waals surface area (Å²) in [6.07, 6.45) is 3.88. The molecule has 3 heterocycles. The summed E-state index contributed by atoms with van der Waals surface area (Å²) in [6, 6.07) is 7.75. The minimum Gasteiger partial charge on any atom is -0.460 e. The van der Waals surface area contributed by atoms with E-state index in [1.165, 1.54) is 16.2 Å². The van der Waals surface area contributed by atoms with Gasteiger partial charge in [-0.15, -0.1) is 0 Å². The maximum absolute atomic E-state index is 13.8. The van der Waals surface area contributed by atoms with Crippen molar-refractivity contribution in [3.05, 3.63) is 36.5 Å². The number of hydrogen-bond donors (Lipinski definition) is 3. The van der Waals surface area contributed by atoms with Gasteiger partial charge < -0.3 is 25.6 Å². The van der Waals surface area contributed by atoms with E-state index in [2.05, 4.69) is 34.8 Å².